The second-order valence-corrected chi connectivity index (χ2v) is 5.28. The van der Waals surface area contributed by atoms with Crippen LogP contribution in [0.3, 0.4) is 0 Å². The average Bonchev–Trinajstić information content (AvgIpc) is 2.62. The lowest BCUT2D eigenvalue weighted by Gasteiger charge is -2.20. The SMILES string of the molecule is C1=C(c2ccccc2)CNc2c1cnnc2-c1ccccc1. The lowest BCUT2D eigenvalue weighted by molar-refractivity contribution is 1.03. The Kier molecular flexibility index (Phi) is 3.16. The van der Waals surface area contributed by atoms with Gasteiger partial charge in [0.05, 0.1) is 11.9 Å². The van der Waals surface area contributed by atoms with Crippen LogP contribution in [0.2, 0.25) is 0 Å². The molecule has 1 aliphatic rings. The quantitative estimate of drug-likeness (QED) is 0.770. The fraction of sp³-hybridized carbons (Fsp3) is 0.0526. The van der Waals surface area contributed by atoms with Gasteiger partial charge in [0.15, 0.2) is 0 Å². The van der Waals surface area contributed by atoms with Crippen molar-refractivity contribution in [2.75, 3.05) is 11.9 Å². The number of aromatic nitrogens is 2. The molecule has 0 bridgehead atoms. The molecule has 0 saturated heterocycles. The molecule has 0 fully saturated rings. The van der Waals surface area contributed by atoms with Crippen molar-refractivity contribution in [1.82, 2.24) is 10.2 Å². The highest BCUT2D eigenvalue weighted by Crippen LogP contribution is 2.34. The third kappa shape index (κ3) is 2.27. The monoisotopic (exact) mass is 285 g/mol. The third-order valence-corrected chi connectivity index (χ3v) is 3.86. The van der Waals surface area contributed by atoms with Gasteiger partial charge in [0.1, 0.15) is 5.69 Å². The molecule has 3 aromatic rings. The smallest absolute Gasteiger partial charge is 0.117 e. The average molecular weight is 285 g/mol. The first-order valence-electron chi connectivity index (χ1n) is 7.33. The van der Waals surface area contributed by atoms with Crippen LogP contribution in [0.1, 0.15) is 11.1 Å². The Morgan fingerprint density at radius 2 is 1.50 bits per heavy atom. The summed E-state index contributed by atoms with van der Waals surface area (Å²) in [4.78, 5) is 0. The van der Waals surface area contributed by atoms with Gasteiger partial charge in [-0.15, -0.1) is 5.10 Å². The Balaban J connectivity index is 1.80. The second kappa shape index (κ2) is 5.45. The standard InChI is InChI=1S/C19H15N3/c1-3-7-14(8-4-1)16-11-17-13-21-22-19(18(17)20-12-16)15-9-5-2-6-10-15/h1-11,13,20H,12H2. The van der Waals surface area contributed by atoms with Crippen LogP contribution in [-0.2, 0) is 0 Å². The zero-order valence-corrected chi connectivity index (χ0v) is 12.0. The highest BCUT2D eigenvalue weighted by Gasteiger charge is 2.16. The van der Waals surface area contributed by atoms with Gasteiger partial charge in [0, 0.05) is 17.7 Å². The van der Waals surface area contributed by atoms with Crippen LogP contribution in [0.25, 0.3) is 22.9 Å². The maximum Gasteiger partial charge on any atom is 0.117 e. The molecule has 1 aromatic heterocycles. The summed E-state index contributed by atoms with van der Waals surface area (Å²) < 4.78 is 0. The minimum Gasteiger partial charge on any atom is -0.379 e. The van der Waals surface area contributed by atoms with Gasteiger partial charge in [-0.2, -0.15) is 5.10 Å². The fourth-order valence-electron chi connectivity index (χ4n) is 2.75. The van der Waals surface area contributed by atoms with Crippen LogP contribution in [0.15, 0.2) is 66.9 Å². The van der Waals surface area contributed by atoms with Crippen LogP contribution in [0, 0.1) is 0 Å². The highest BCUT2D eigenvalue weighted by molar-refractivity contribution is 5.94. The minimum absolute atomic E-state index is 0.794. The van der Waals surface area contributed by atoms with Gasteiger partial charge in [0.25, 0.3) is 0 Å². The normalized spacial score (nSPS) is 13.0. The molecule has 4 rings (SSSR count). The molecule has 1 N–H and O–H groups in total. The van der Waals surface area contributed by atoms with E-state index in [9.17, 15) is 0 Å². The Morgan fingerprint density at radius 1 is 0.818 bits per heavy atom. The number of hydrogen-bond donors (Lipinski definition) is 1. The predicted octanol–water partition coefficient (Wildman–Crippen LogP) is 4.11. The summed E-state index contributed by atoms with van der Waals surface area (Å²) in [7, 11) is 0. The molecule has 106 valence electrons. The molecule has 3 nitrogen and oxygen atoms in total. The van der Waals surface area contributed by atoms with E-state index in [-0.39, 0.29) is 0 Å². The summed E-state index contributed by atoms with van der Waals surface area (Å²) in [5.41, 5.74) is 6.62. The molecule has 0 atom stereocenters. The summed E-state index contributed by atoms with van der Waals surface area (Å²) in [5, 5.41) is 12.0. The van der Waals surface area contributed by atoms with Gasteiger partial charge >= 0.3 is 0 Å². The van der Waals surface area contributed by atoms with Crippen LogP contribution in [0.4, 0.5) is 5.69 Å². The van der Waals surface area contributed by atoms with Gasteiger partial charge in [-0.1, -0.05) is 60.7 Å². The lowest BCUT2D eigenvalue weighted by Crippen LogP contribution is -2.12. The first-order valence-corrected chi connectivity index (χ1v) is 7.33. The molecule has 2 aromatic carbocycles. The molecule has 0 unspecified atom stereocenters. The molecule has 1 aliphatic heterocycles. The molecule has 0 aliphatic carbocycles. The third-order valence-electron chi connectivity index (χ3n) is 3.86. The number of fused-ring (bicyclic) bond motifs is 1. The number of nitrogens with one attached hydrogen (secondary N) is 1. The Bertz CT molecular complexity index is 824. The van der Waals surface area contributed by atoms with E-state index in [0.29, 0.717) is 0 Å². The Morgan fingerprint density at radius 3 is 2.23 bits per heavy atom. The van der Waals surface area contributed by atoms with E-state index in [1.165, 1.54) is 11.1 Å². The molecule has 22 heavy (non-hydrogen) atoms. The molecule has 0 spiro atoms. The van der Waals surface area contributed by atoms with E-state index >= 15 is 0 Å². The van der Waals surface area contributed by atoms with Gasteiger partial charge in [0.2, 0.25) is 0 Å². The van der Waals surface area contributed by atoms with Crippen molar-refractivity contribution in [3.05, 3.63) is 78.0 Å². The largest absolute Gasteiger partial charge is 0.379 e. The number of benzene rings is 2. The summed E-state index contributed by atoms with van der Waals surface area (Å²) >= 11 is 0. The fourth-order valence-corrected chi connectivity index (χ4v) is 2.75. The molecule has 0 saturated carbocycles. The van der Waals surface area contributed by atoms with Crippen molar-refractivity contribution in [3.8, 4) is 11.3 Å². The molecular formula is C19H15N3. The van der Waals surface area contributed by atoms with E-state index in [4.69, 9.17) is 0 Å². The lowest BCUT2D eigenvalue weighted by atomic mass is 9.98. The highest BCUT2D eigenvalue weighted by atomic mass is 15.1. The zero-order valence-electron chi connectivity index (χ0n) is 12.0. The van der Waals surface area contributed by atoms with Crippen LogP contribution < -0.4 is 5.32 Å². The Hall–Kier alpha value is -2.94. The van der Waals surface area contributed by atoms with E-state index in [1.54, 1.807) is 0 Å². The zero-order chi connectivity index (χ0) is 14.8. The minimum atomic E-state index is 0.794. The molecule has 0 amide bonds. The van der Waals surface area contributed by atoms with E-state index < -0.39 is 0 Å². The van der Waals surface area contributed by atoms with Crippen molar-refractivity contribution in [3.63, 3.8) is 0 Å². The van der Waals surface area contributed by atoms with Crippen molar-refractivity contribution in [2.24, 2.45) is 0 Å². The van der Waals surface area contributed by atoms with Gasteiger partial charge < -0.3 is 5.32 Å². The molecule has 0 radical (unpaired) electrons. The molecular weight excluding hydrogens is 270 g/mol. The second-order valence-electron chi connectivity index (χ2n) is 5.28. The van der Waals surface area contributed by atoms with Gasteiger partial charge in [-0.25, -0.2) is 0 Å². The summed E-state index contributed by atoms with van der Waals surface area (Å²) in [6.45, 7) is 0.794. The first kappa shape index (κ1) is 12.8. The van der Waals surface area contributed by atoms with Crippen molar-refractivity contribution in [1.29, 1.82) is 0 Å². The number of anilines is 1. The first-order chi connectivity index (χ1) is 10.9. The van der Waals surface area contributed by atoms with E-state index in [2.05, 4.69) is 58.0 Å². The van der Waals surface area contributed by atoms with Gasteiger partial charge in [-0.3, -0.25) is 0 Å². The van der Waals surface area contributed by atoms with Crippen LogP contribution in [-0.4, -0.2) is 16.7 Å². The topological polar surface area (TPSA) is 37.8 Å². The number of hydrogen-bond acceptors (Lipinski definition) is 3. The maximum atomic E-state index is 4.32. The summed E-state index contributed by atoms with van der Waals surface area (Å²) in [5.74, 6) is 0. The van der Waals surface area contributed by atoms with Crippen molar-refractivity contribution >= 4 is 17.3 Å². The van der Waals surface area contributed by atoms with E-state index in [0.717, 1.165) is 29.1 Å². The Labute approximate surface area is 129 Å². The van der Waals surface area contributed by atoms with Crippen LogP contribution in [0.5, 0.6) is 0 Å². The van der Waals surface area contributed by atoms with Crippen LogP contribution >= 0.6 is 0 Å². The van der Waals surface area contributed by atoms with E-state index in [1.807, 2.05) is 30.5 Å². The number of nitrogens with zero attached hydrogens (tertiary/aromatic N) is 2. The van der Waals surface area contributed by atoms with Crippen molar-refractivity contribution in [2.45, 2.75) is 0 Å². The summed E-state index contributed by atoms with van der Waals surface area (Å²) in [6.07, 6.45) is 4.01. The molecule has 2 heterocycles. The number of rotatable bonds is 2. The summed E-state index contributed by atoms with van der Waals surface area (Å²) in [6, 6.07) is 20.6. The maximum absolute atomic E-state index is 4.32. The predicted molar refractivity (Wildman–Crippen MR) is 90.3 cm³/mol. The van der Waals surface area contributed by atoms with Crippen molar-refractivity contribution < 1.29 is 0 Å². The van der Waals surface area contributed by atoms with Gasteiger partial charge in [-0.05, 0) is 17.2 Å². The molecule has 3 heteroatoms.